The molecule has 0 saturated heterocycles. The van der Waals surface area contributed by atoms with Crippen molar-refractivity contribution in [1.82, 2.24) is 10.6 Å². The van der Waals surface area contributed by atoms with Crippen LogP contribution in [-0.2, 0) is 114 Å². The van der Waals surface area contributed by atoms with Gasteiger partial charge in [-0.3, -0.25) is 9.59 Å². The Balaban J connectivity index is 1.37. The normalized spacial score (nSPS) is 12.5. The number of benzene rings is 6. The molecule has 0 radical (unpaired) electrons. The first kappa shape index (κ1) is 116. The van der Waals surface area contributed by atoms with Gasteiger partial charge < -0.3 is 124 Å². The van der Waals surface area contributed by atoms with Crippen LogP contribution in [0.15, 0.2) is 121 Å². The third-order valence-electron chi connectivity index (χ3n) is 19.5. The lowest BCUT2D eigenvalue weighted by molar-refractivity contribution is -0.0641. The van der Waals surface area contributed by atoms with Crippen molar-refractivity contribution in [3.8, 4) is 94.7 Å². The molecule has 744 valence electrons. The number of nitrogens with one attached hydrogen (secondary N) is 2. The Bertz CT molecular complexity index is 4240. The van der Waals surface area contributed by atoms with Crippen LogP contribution >= 0.6 is 15.8 Å². The summed E-state index contributed by atoms with van der Waals surface area (Å²) >= 11 is 0. The molecule has 30 heteroatoms. The average molecular weight is 1940 g/mol. The number of methoxy groups -OCH3 is 8. The highest BCUT2D eigenvalue weighted by Gasteiger charge is 2.33. The van der Waals surface area contributed by atoms with Crippen molar-refractivity contribution in [3.05, 3.63) is 177 Å². The predicted molar refractivity (Wildman–Crippen MR) is 532 cm³/mol. The Morgan fingerprint density at radius 3 is 0.601 bits per heavy atom. The van der Waals surface area contributed by atoms with Crippen molar-refractivity contribution in [2.24, 2.45) is 0 Å². The molecule has 2 atom stereocenters. The zero-order chi connectivity index (χ0) is 97.7. The first-order valence-electron chi connectivity index (χ1n) is 46.2. The largest absolute Gasteiger partial charge is 0.382 e. The van der Waals surface area contributed by atoms with Crippen LogP contribution in [0.1, 0.15) is 142 Å². The minimum Gasteiger partial charge on any atom is -0.382 e. The third kappa shape index (κ3) is 50.2. The van der Waals surface area contributed by atoms with Crippen molar-refractivity contribution >= 4 is 59.5 Å². The lowest BCUT2D eigenvalue weighted by Gasteiger charge is -2.33. The minimum absolute atomic E-state index is 0.0910. The fraction of sp³-hybridized carbons (Fsp3) is 0.500. The number of carbonyl (C=O) groups excluding carboxylic acids is 2. The molecule has 2 N–H and O–H groups in total. The molecule has 1 aliphatic carbocycles. The standard InChI is InChI=1S/C108H136N2O26P2/c1-113-53-61-129-81-121-45-23-15-31-89-69-90(32-16-24-46-122-82-130-62-54-114-2)74-97(73-89)137(98-75-91(33-17-25-47-123-83-131-63-55-115-3)70-92(76-98)34-18-26-48-124-84-132-64-56-116-4)105-43-13-9-39-101(105)107(111)109-103-41-11-12-42-104(103)110-108(112)102-40-10-14-44-106(102)138(99-77-93(35-19-27-49-125-85-133-65-57-117-5)71-94(78-99)36-20-28-50-126-86-134-66-58-118-6)100-79-95(37-21-29-51-127-87-135-67-59-119-7)72-96(80-100)38-22-30-52-128-88-136-68-60-120-8/h9-10,13-14,39-40,43-44,69-80,103-104H,11-12,23-30,41-42,45-68,81-88H2,1-8H3,(H,109,111)(H,110,112)/t103-,104-/m1/s1. The van der Waals surface area contributed by atoms with E-state index in [0.717, 1.165) is 44.7 Å². The summed E-state index contributed by atoms with van der Waals surface area (Å²) in [5, 5.41) is 11.8. The molecule has 2 amide bonds. The van der Waals surface area contributed by atoms with Crippen LogP contribution in [0, 0.1) is 94.7 Å². The number of hydrogen-bond acceptors (Lipinski definition) is 26. The highest BCUT2D eigenvalue weighted by Crippen LogP contribution is 2.38. The molecule has 0 aliphatic heterocycles. The average Bonchev–Trinajstić information content (AvgIpc) is 0.756. The van der Waals surface area contributed by atoms with Gasteiger partial charge in [0.15, 0.2) is 0 Å². The third-order valence-corrected chi connectivity index (χ3v) is 24.3. The van der Waals surface area contributed by atoms with Crippen molar-refractivity contribution in [2.75, 3.05) is 270 Å². The van der Waals surface area contributed by atoms with Gasteiger partial charge >= 0.3 is 0 Å². The van der Waals surface area contributed by atoms with Gasteiger partial charge in [0.2, 0.25) is 0 Å². The Hall–Kier alpha value is -9.36. The summed E-state index contributed by atoms with van der Waals surface area (Å²) in [5.74, 6) is 53.4. The Kier molecular flexibility index (Phi) is 64.8. The molecule has 6 aromatic rings. The van der Waals surface area contributed by atoms with Gasteiger partial charge in [-0.05, 0) is 145 Å². The van der Waals surface area contributed by atoms with Crippen LogP contribution in [0.3, 0.4) is 0 Å². The summed E-state index contributed by atoms with van der Waals surface area (Å²) in [6, 6.07) is 38.7. The van der Waals surface area contributed by atoms with Crippen LogP contribution < -0.4 is 42.5 Å². The fourth-order valence-electron chi connectivity index (χ4n) is 12.9. The zero-order valence-corrected chi connectivity index (χ0v) is 83.1. The molecule has 0 unspecified atom stereocenters. The quantitative estimate of drug-likeness (QED) is 0.0155. The van der Waals surface area contributed by atoms with E-state index in [1.807, 2.05) is 72.8 Å². The molecule has 1 fully saturated rings. The highest BCUT2D eigenvalue weighted by molar-refractivity contribution is 7.80. The van der Waals surface area contributed by atoms with E-state index < -0.39 is 27.9 Å². The molecule has 138 heavy (non-hydrogen) atoms. The lowest BCUT2D eigenvalue weighted by atomic mass is 9.89. The van der Waals surface area contributed by atoms with E-state index in [9.17, 15) is 0 Å². The van der Waals surface area contributed by atoms with Gasteiger partial charge in [0, 0.05) is 176 Å². The lowest BCUT2D eigenvalue weighted by Crippen LogP contribution is -2.54. The van der Waals surface area contributed by atoms with Crippen LogP contribution in [0.2, 0.25) is 0 Å². The molecule has 0 spiro atoms. The maximum atomic E-state index is 16.2. The SMILES string of the molecule is COCCOCOCCC#Cc1cc(C#CCCOCOCCOC)cc(P(c2cc(C#CCCOCOCCOC)cc(C#CCCOCOCCOC)c2)c2ccccc2C(=O)N[C@@H]2CCCC[C@H]2NC(=O)c2ccccc2P(c2cc(C#CCCOCOCCOC)cc(C#CCCOCOCCOC)c2)c2cc(C#CCCOCOCCOC)cc(C#CCCOCOCCOC)c2)c1. The maximum Gasteiger partial charge on any atom is 0.252 e. The van der Waals surface area contributed by atoms with E-state index in [1.165, 1.54) is 0 Å². The molecule has 1 saturated carbocycles. The van der Waals surface area contributed by atoms with Gasteiger partial charge in [0.1, 0.15) is 54.3 Å². The van der Waals surface area contributed by atoms with Gasteiger partial charge in [-0.25, -0.2) is 0 Å². The Labute approximate surface area is 819 Å². The number of rotatable bonds is 66. The summed E-state index contributed by atoms with van der Waals surface area (Å²) in [5.41, 5.74) is 6.31. The summed E-state index contributed by atoms with van der Waals surface area (Å²) in [6.45, 7) is 9.94. The van der Waals surface area contributed by atoms with E-state index in [1.54, 1.807) is 56.9 Å². The van der Waals surface area contributed by atoms with Crippen molar-refractivity contribution in [3.63, 3.8) is 0 Å². The second kappa shape index (κ2) is 77.4. The van der Waals surface area contributed by atoms with Gasteiger partial charge in [-0.15, -0.1) is 0 Å². The molecular weight excluding hydrogens is 1800 g/mol. The fourth-order valence-corrected chi connectivity index (χ4v) is 18.1. The minimum atomic E-state index is -1.75. The second-order valence-corrected chi connectivity index (χ2v) is 34.4. The van der Waals surface area contributed by atoms with Crippen LogP contribution in [0.4, 0.5) is 0 Å². The summed E-state index contributed by atoms with van der Waals surface area (Å²) < 4.78 is 132. The van der Waals surface area contributed by atoms with Gasteiger partial charge in [-0.2, -0.15) is 0 Å². The summed E-state index contributed by atoms with van der Waals surface area (Å²) in [6.07, 6.45) is 5.86. The van der Waals surface area contributed by atoms with Crippen LogP contribution in [0.5, 0.6) is 0 Å². The number of amides is 2. The number of ether oxygens (including phenoxy) is 24. The molecular formula is C108H136N2O26P2. The number of hydrogen-bond donors (Lipinski definition) is 2. The highest BCUT2D eigenvalue weighted by atomic mass is 31.1. The Morgan fingerprint density at radius 1 is 0.246 bits per heavy atom. The van der Waals surface area contributed by atoms with Gasteiger partial charge in [-0.1, -0.05) is 144 Å². The van der Waals surface area contributed by atoms with E-state index in [-0.39, 0.29) is 66.2 Å². The predicted octanol–water partition coefficient (Wildman–Crippen LogP) is 9.70. The van der Waals surface area contributed by atoms with Crippen LogP contribution in [0.25, 0.3) is 0 Å². The Morgan fingerprint density at radius 2 is 0.420 bits per heavy atom. The molecule has 0 aromatic heterocycles. The topological polar surface area (TPSA) is 280 Å². The molecule has 28 nitrogen and oxygen atoms in total. The summed E-state index contributed by atoms with van der Waals surface area (Å²) in [7, 11) is 9.44. The first-order valence-corrected chi connectivity index (χ1v) is 48.9. The maximum absolute atomic E-state index is 16.2. The van der Waals surface area contributed by atoms with E-state index >= 15 is 9.59 Å². The summed E-state index contributed by atoms with van der Waals surface area (Å²) in [4.78, 5) is 32.3. The molecule has 0 heterocycles. The van der Waals surface area contributed by atoms with Crippen molar-refractivity contribution in [2.45, 2.75) is 89.1 Å². The van der Waals surface area contributed by atoms with Crippen molar-refractivity contribution < 1.29 is 123 Å². The molecule has 7 rings (SSSR count). The molecule has 0 bridgehead atoms. The number of carbonyl (C=O) groups is 2. The smallest absolute Gasteiger partial charge is 0.252 e. The van der Waals surface area contributed by atoms with E-state index in [4.69, 9.17) is 114 Å². The van der Waals surface area contributed by atoms with Crippen molar-refractivity contribution in [1.29, 1.82) is 0 Å². The first-order chi connectivity index (χ1) is 68.1. The monoisotopic (exact) mass is 1940 g/mol. The van der Waals surface area contributed by atoms with Gasteiger partial charge in [0.05, 0.1) is 159 Å². The van der Waals surface area contributed by atoms with Crippen LogP contribution in [-0.4, -0.2) is 294 Å². The second-order valence-electron chi connectivity index (χ2n) is 30.1. The molecule has 6 aromatic carbocycles. The van der Waals surface area contributed by atoms with Gasteiger partial charge in [0.25, 0.3) is 11.8 Å². The van der Waals surface area contributed by atoms with E-state index in [2.05, 4.69) is 154 Å². The zero-order valence-electron chi connectivity index (χ0n) is 81.3. The van der Waals surface area contributed by atoms with E-state index in [0.29, 0.717) is 278 Å². The molecule has 1 aliphatic rings.